The minimum atomic E-state index is -0.428. The molecule has 0 aliphatic carbocycles. The van der Waals surface area contributed by atoms with Crippen LogP contribution in [0.5, 0.6) is 0 Å². The molecule has 0 radical (unpaired) electrons. The molecular weight excluding hydrogens is 241 g/mol. The first-order chi connectivity index (χ1) is 8.89. The Balaban J connectivity index is 1.76. The highest BCUT2D eigenvalue weighted by molar-refractivity contribution is 6.61. The largest absolute Gasteiger partial charge is 0.516 e. The number of nitrogens with zero attached hydrogens (tertiary/aromatic N) is 3. The van der Waals surface area contributed by atoms with Gasteiger partial charge in [-0.1, -0.05) is 0 Å². The molecule has 0 atom stereocenters. The predicted molar refractivity (Wildman–Crippen MR) is 74.6 cm³/mol. The Morgan fingerprint density at radius 2 is 1.68 bits per heavy atom. The summed E-state index contributed by atoms with van der Waals surface area (Å²) < 4.78 is 11.9. The van der Waals surface area contributed by atoms with E-state index >= 15 is 0 Å². The van der Waals surface area contributed by atoms with Gasteiger partial charge in [-0.05, 0) is 34.1 Å². The molecule has 3 heterocycles. The lowest BCUT2D eigenvalue weighted by molar-refractivity contribution is 0.00578. The molecule has 3 rings (SSSR count). The molecule has 2 fully saturated rings. The first kappa shape index (κ1) is 12.9. The van der Waals surface area contributed by atoms with E-state index in [4.69, 9.17) is 9.31 Å². The van der Waals surface area contributed by atoms with E-state index in [0.29, 0.717) is 0 Å². The van der Waals surface area contributed by atoms with Crippen LogP contribution in [0.25, 0.3) is 0 Å². The molecule has 0 N–H and O–H groups in total. The van der Waals surface area contributed by atoms with Gasteiger partial charge in [-0.2, -0.15) is 0 Å². The Kier molecular flexibility index (Phi) is 2.83. The topological polar surface area (TPSA) is 47.5 Å². The monoisotopic (exact) mass is 261 g/mol. The minimum absolute atomic E-state index is 0.338. The molecule has 1 aromatic rings. The number of aromatic nitrogens is 2. The van der Waals surface area contributed by atoms with Gasteiger partial charge >= 0.3 is 7.12 Å². The lowest BCUT2D eigenvalue weighted by Crippen LogP contribution is -2.41. The molecule has 5 nitrogen and oxygen atoms in total. The van der Waals surface area contributed by atoms with Crippen molar-refractivity contribution in [3.63, 3.8) is 0 Å². The second kappa shape index (κ2) is 4.18. The highest BCUT2D eigenvalue weighted by Gasteiger charge is 2.52. The van der Waals surface area contributed by atoms with Crippen LogP contribution in [0.3, 0.4) is 0 Å². The molecule has 19 heavy (non-hydrogen) atoms. The van der Waals surface area contributed by atoms with E-state index in [1.165, 1.54) is 6.42 Å². The van der Waals surface area contributed by atoms with Crippen LogP contribution in [-0.2, 0) is 9.31 Å². The summed E-state index contributed by atoms with van der Waals surface area (Å²) in [5.41, 5.74) is 0.0632. The Labute approximate surface area is 114 Å². The van der Waals surface area contributed by atoms with Crippen molar-refractivity contribution in [1.29, 1.82) is 0 Å². The van der Waals surface area contributed by atoms with Gasteiger partial charge in [0.05, 0.1) is 23.0 Å². The second-order valence-corrected chi connectivity index (χ2v) is 6.23. The molecule has 0 aromatic carbocycles. The van der Waals surface area contributed by atoms with Crippen LogP contribution in [-0.4, -0.2) is 41.4 Å². The predicted octanol–water partition coefficient (Wildman–Crippen LogP) is 0.986. The summed E-state index contributed by atoms with van der Waals surface area (Å²) in [4.78, 5) is 11.1. The van der Waals surface area contributed by atoms with E-state index in [1.807, 2.05) is 27.7 Å². The third kappa shape index (κ3) is 2.13. The highest BCUT2D eigenvalue weighted by Crippen LogP contribution is 2.36. The van der Waals surface area contributed by atoms with Gasteiger partial charge in [-0.3, -0.25) is 4.98 Å². The summed E-state index contributed by atoms with van der Waals surface area (Å²) >= 11 is 0. The maximum atomic E-state index is 5.95. The van der Waals surface area contributed by atoms with Crippen molar-refractivity contribution in [1.82, 2.24) is 9.97 Å². The molecule has 2 aliphatic rings. The molecule has 2 aliphatic heterocycles. The van der Waals surface area contributed by atoms with E-state index in [9.17, 15) is 0 Å². The van der Waals surface area contributed by atoms with Crippen molar-refractivity contribution in [2.24, 2.45) is 0 Å². The van der Waals surface area contributed by atoms with Gasteiger partial charge in [0.25, 0.3) is 0 Å². The quantitative estimate of drug-likeness (QED) is 0.743. The van der Waals surface area contributed by atoms with Gasteiger partial charge < -0.3 is 14.2 Å². The Morgan fingerprint density at radius 1 is 1.05 bits per heavy atom. The van der Waals surface area contributed by atoms with Crippen molar-refractivity contribution >= 4 is 18.5 Å². The molecule has 102 valence electrons. The van der Waals surface area contributed by atoms with Gasteiger partial charge in [0, 0.05) is 19.3 Å². The number of anilines is 1. The molecule has 0 saturated carbocycles. The van der Waals surface area contributed by atoms with Gasteiger partial charge in [0.1, 0.15) is 5.82 Å². The van der Waals surface area contributed by atoms with Gasteiger partial charge in [-0.15, -0.1) is 0 Å². The number of hydrogen-bond donors (Lipinski definition) is 0. The lowest BCUT2D eigenvalue weighted by atomic mass is 9.85. The van der Waals surface area contributed by atoms with E-state index < -0.39 is 7.12 Å². The van der Waals surface area contributed by atoms with E-state index in [1.54, 1.807) is 12.4 Å². The van der Waals surface area contributed by atoms with Crippen LogP contribution < -0.4 is 10.5 Å². The van der Waals surface area contributed by atoms with Crippen LogP contribution >= 0.6 is 0 Å². The summed E-state index contributed by atoms with van der Waals surface area (Å²) in [6, 6.07) is 0. The van der Waals surface area contributed by atoms with E-state index in [0.717, 1.165) is 24.5 Å². The molecular formula is C13H20BN3O2. The summed E-state index contributed by atoms with van der Waals surface area (Å²) in [5.74, 6) is 0.937. The normalized spacial score (nSPS) is 24.4. The summed E-state index contributed by atoms with van der Waals surface area (Å²) in [6.45, 7) is 10.3. The fourth-order valence-corrected chi connectivity index (χ4v) is 2.13. The van der Waals surface area contributed by atoms with Gasteiger partial charge in [0.15, 0.2) is 0 Å². The molecule has 1 aromatic heterocycles. The fraction of sp³-hybridized carbons (Fsp3) is 0.692. The molecule has 2 saturated heterocycles. The van der Waals surface area contributed by atoms with Crippen LogP contribution in [0.2, 0.25) is 0 Å². The SMILES string of the molecule is CC1(C)OB(c2cnc(N3CCC3)cn2)OC1(C)C. The smallest absolute Gasteiger partial charge is 0.398 e. The fourth-order valence-electron chi connectivity index (χ4n) is 2.13. The summed E-state index contributed by atoms with van der Waals surface area (Å²) in [7, 11) is -0.428. The van der Waals surface area contributed by atoms with Crippen LogP contribution in [0.1, 0.15) is 34.1 Å². The first-order valence-electron chi connectivity index (χ1n) is 6.82. The van der Waals surface area contributed by atoms with E-state index in [2.05, 4.69) is 14.9 Å². The molecule has 0 spiro atoms. The van der Waals surface area contributed by atoms with Crippen molar-refractivity contribution in [2.45, 2.75) is 45.3 Å². The third-order valence-corrected chi connectivity index (χ3v) is 4.33. The van der Waals surface area contributed by atoms with Crippen LogP contribution in [0.4, 0.5) is 5.82 Å². The molecule has 0 amide bonds. The Bertz CT molecular complexity index is 455. The molecule has 0 unspecified atom stereocenters. The van der Waals surface area contributed by atoms with Crippen molar-refractivity contribution in [2.75, 3.05) is 18.0 Å². The first-order valence-corrected chi connectivity index (χ1v) is 6.82. The lowest BCUT2D eigenvalue weighted by Gasteiger charge is -2.32. The molecule has 6 heteroatoms. The average Bonchev–Trinajstić information content (AvgIpc) is 2.47. The molecule has 0 bridgehead atoms. The van der Waals surface area contributed by atoms with Crippen molar-refractivity contribution < 1.29 is 9.31 Å². The number of hydrogen-bond acceptors (Lipinski definition) is 5. The van der Waals surface area contributed by atoms with Crippen molar-refractivity contribution in [3.05, 3.63) is 12.4 Å². The summed E-state index contributed by atoms with van der Waals surface area (Å²) in [5, 5.41) is 0. The van der Waals surface area contributed by atoms with Crippen molar-refractivity contribution in [3.8, 4) is 0 Å². The van der Waals surface area contributed by atoms with E-state index in [-0.39, 0.29) is 11.2 Å². The highest BCUT2D eigenvalue weighted by atomic mass is 16.7. The zero-order valence-corrected chi connectivity index (χ0v) is 12.0. The standard InChI is InChI=1S/C13H20BN3O2/c1-12(2)13(3,4)19-14(18-12)10-8-16-11(9-15-10)17-6-5-7-17/h8-9H,5-7H2,1-4H3. The second-order valence-electron chi connectivity index (χ2n) is 6.23. The maximum absolute atomic E-state index is 5.95. The van der Waals surface area contributed by atoms with Gasteiger partial charge in [-0.25, -0.2) is 4.98 Å². The third-order valence-electron chi connectivity index (χ3n) is 4.33. The Hall–Kier alpha value is -1.14. The number of rotatable bonds is 2. The zero-order chi connectivity index (χ0) is 13.7. The summed E-state index contributed by atoms with van der Waals surface area (Å²) in [6.07, 6.45) is 4.80. The van der Waals surface area contributed by atoms with Gasteiger partial charge in [0.2, 0.25) is 0 Å². The zero-order valence-electron chi connectivity index (χ0n) is 12.0. The van der Waals surface area contributed by atoms with Crippen LogP contribution in [0, 0.1) is 0 Å². The average molecular weight is 261 g/mol. The Morgan fingerprint density at radius 3 is 2.11 bits per heavy atom. The van der Waals surface area contributed by atoms with Crippen LogP contribution in [0.15, 0.2) is 12.4 Å². The maximum Gasteiger partial charge on any atom is 0.516 e. The minimum Gasteiger partial charge on any atom is -0.398 e.